The Morgan fingerprint density at radius 2 is 2.08 bits per heavy atom. The number of halogens is 1. The van der Waals surface area contributed by atoms with Crippen molar-refractivity contribution in [2.45, 2.75) is 4.21 Å². The van der Waals surface area contributed by atoms with Crippen LogP contribution in [0.4, 0.5) is 4.39 Å². The lowest BCUT2D eigenvalue weighted by Crippen LogP contribution is -1.73. The Labute approximate surface area is 77.9 Å². The van der Waals surface area contributed by atoms with E-state index < -0.39 is 5.82 Å². The minimum Gasteiger partial charge on any atom is -0.505 e. The van der Waals surface area contributed by atoms with Crippen LogP contribution in [0, 0.1) is 5.82 Å². The number of phenolic OH excluding ortho intramolecular Hbond substituents is 1. The van der Waals surface area contributed by atoms with E-state index in [4.69, 9.17) is 5.11 Å². The molecule has 0 aliphatic rings. The van der Waals surface area contributed by atoms with Gasteiger partial charge in [-0.25, -0.2) is 4.39 Å². The van der Waals surface area contributed by atoms with Gasteiger partial charge >= 0.3 is 0 Å². The van der Waals surface area contributed by atoms with Gasteiger partial charge in [-0.15, -0.1) is 24.0 Å². The number of phenols is 1. The number of hydrogen-bond acceptors (Lipinski definition) is 3. The Morgan fingerprint density at radius 3 is 2.83 bits per heavy atom. The second kappa shape index (κ2) is 2.64. The van der Waals surface area contributed by atoms with E-state index in [0.29, 0.717) is 0 Å². The highest BCUT2D eigenvalue weighted by Gasteiger charge is 2.04. The largest absolute Gasteiger partial charge is 0.505 e. The van der Waals surface area contributed by atoms with Crippen molar-refractivity contribution in [2.24, 2.45) is 0 Å². The van der Waals surface area contributed by atoms with Crippen molar-refractivity contribution in [2.75, 3.05) is 0 Å². The summed E-state index contributed by atoms with van der Waals surface area (Å²) >= 11 is 5.51. The lowest BCUT2D eigenvalue weighted by Gasteiger charge is -1.93. The molecule has 62 valence electrons. The number of benzene rings is 1. The summed E-state index contributed by atoms with van der Waals surface area (Å²) in [5, 5.41) is 9.85. The van der Waals surface area contributed by atoms with Crippen molar-refractivity contribution >= 4 is 34.1 Å². The number of rotatable bonds is 0. The summed E-state index contributed by atoms with van der Waals surface area (Å²) in [6.45, 7) is 0. The second-order valence-corrected chi connectivity index (χ2v) is 4.29. The molecule has 0 bridgehead atoms. The highest BCUT2D eigenvalue weighted by atomic mass is 32.2. The fraction of sp³-hybridized carbons (Fsp3) is 0. The van der Waals surface area contributed by atoms with Gasteiger partial charge in [-0.05, 0) is 23.6 Å². The van der Waals surface area contributed by atoms with Crippen LogP contribution in [0.1, 0.15) is 0 Å². The lowest BCUT2D eigenvalue weighted by atomic mass is 10.2. The molecule has 1 nitrogen and oxygen atoms in total. The smallest absolute Gasteiger partial charge is 0.166 e. The first kappa shape index (κ1) is 7.89. The number of thiol groups is 1. The number of thiophene rings is 1. The standard InChI is InChI=1S/C8H5FOS2/c9-5-3-7-4(1-6(5)10)2-8(11)12-7/h1-3,10-11H. The molecule has 1 N–H and O–H groups in total. The first-order valence-corrected chi connectivity index (χ1v) is 4.54. The molecule has 0 amide bonds. The molecule has 4 heteroatoms. The fourth-order valence-corrected chi connectivity index (χ4v) is 2.28. The number of fused-ring (bicyclic) bond motifs is 1. The van der Waals surface area contributed by atoms with E-state index in [1.165, 1.54) is 23.5 Å². The quantitative estimate of drug-likeness (QED) is 0.626. The lowest BCUT2D eigenvalue weighted by molar-refractivity contribution is 0.434. The van der Waals surface area contributed by atoms with Gasteiger partial charge in [-0.2, -0.15) is 0 Å². The normalized spacial score (nSPS) is 10.8. The Morgan fingerprint density at radius 1 is 1.33 bits per heavy atom. The van der Waals surface area contributed by atoms with Crippen LogP contribution in [0.5, 0.6) is 5.75 Å². The third kappa shape index (κ3) is 1.17. The van der Waals surface area contributed by atoms with Crippen LogP contribution in [0.2, 0.25) is 0 Å². The fourth-order valence-electron chi connectivity index (χ4n) is 1.04. The molecule has 12 heavy (non-hydrogen) atoms. The molecule has 1 aromatic heterocycles. The Hall–Kier alpha value is -0.740. The molecule has 0 spiro atoms. The summed E-state index contributed by atoms with van der Waals surface area (Å²) in [6.07, 6.45) is 0. The molecular weight excluding hydrogens is 195 g/mol. The topological polar surface area (TPSA) is 20.2 Å². The van der Waals surface area contributed by atoms with E-state index in [0.717, 1.165) is 14.3 Å². The molecule has 2 rings (SSSR count). The highest BCUT2D eigenvalue weighted by Crippen LogP contribution is 2.31. The molecule has 0 saturated heterocycles. The van der Waals surface area contributed by atoms with Crippen LogP contribution in [-0.2, 0) is 0 Å². The van der Waals surface area contributed by atoms with Crippen molar-refractivity contribution in [1.82, 2.24) is 0 Å². The number of hydrogen-bond donors (Lipinski definition) is 2. The third-order valence-electron chi connectivity index (χ3n) is 1.57. The Bertz CT molecular complexity index is 397. The van der Waals surface area contributed by atoms with Crippen molar-refractivity contribution in [1.29, 1.82) is 0 Å². The summed E-state index contributed by atoms with van der Waals surface area (Å²) < 4.78 is 14.4. The van der Waals surface area contributed by atoms with Gasteiger partial charge in [0.1, 0.15) is 0 Å². The molecule has 1 aromatic carbocycles. The summed E-state index contributed by atoms with van der Waals surface area (Å²) in [4.78, 5) is 0. The van der Waals surface area contributed by atoms with E-state index in [-0.39, 0.29) is 5.75 Å². The maximum absolute atomic E-state index is 12.8. The maximum atomic E-state index is 12.8. The molecule has 0 fully saturated rings. The van der Waals surface area contributed by atoms with Crippen LogP contribution >= 0.6 is 24.0 Å². The zero-order valence-electron chi connectivity index (χ0n) is 5.91. The molecule has 2 aromatic rings. The van der Waals surface area contributed by atoms with Gasteiger partial charge < -0.3 is 5.11 Å². The van der Waals surface area contributed by atoms with Gasteiger partial charge in [0.2, 0.25) is 0 Å². The minimum atomic E-state index is -0.585. The van der Waals surface area contributed by atoms with Gasteiger partial charge in [0, 0.05) is 4.70 Å². The van der Waals surface area contributed by atoms with Crippen molar-refractivity contribution < 1.29 is 9.50 Å². The first-order valence-electron chi connectivity index (χ1n) is 3.28. The molecule has 0 unspecified atom stereocenters. The van der Waals surface area contributed by atoms with E-state index in [1.807, 2.05) is 0 Å². The van der Waals surface area contributed by atoms with E-state index in [2.05, 4.69) is 12.6 Å². The summed E-state index contributed by atoms with van der Waals surface area (Å²) in [7, 11) is 0. The molecule has 0 saturated carbocycles. The third-order valence-corrected chi connectivity index (χ3v) is 2.88. The van der Waals surface area contributed by atoms with Gasteiger partial charge in [0.05, 0.1) is 4.21 Å². The average Bonchev–Trinajstić information content (AvgIpc) is 2.30. The predicted octanol–water partition coefficient (Wildman–Crippen LogP) is 3.03. The molecule has 0 radical (unpaired) electrons. The minimum absolute atomic E-state index is 0.311. The van der Waals surface area contributed by atoms with Gasteiger partial charge in [0.15, 0.2) is 11.6 Å². The van der Waals surface area contributed by atoms with E-state index >= 15 is 0 Å². The zero-order valence-corrected chi connectivity index (χ0v) is 7.62. The molecular formula is C8H5FOS2. The van der Waals surface area contributed by atoms with Gasteiger partial charge in [-0.1, -0.05) is 0 Å². The molecule has 1 heterocycles. The van der Waals surface area contributed by atoms with Crippen LogP contribution < -0.4 is 0 Å². The van der Waals surface area contributed by atoms with Crippen molar-refractivity contribution in [3.63, 3.8) is 0 Å². The predicted molar refractivity (Wildman–Crippen MR) is 50.7 cm³/mol. The van der Waals surface area contributed by atoms with Gasteiger partial charge in [-0.3, -0.25) is 0 Å². The van der Waals surface area contributed by atoms with Crippen LogP contribution in [-0.4, -0.2) is 5.11 Å². The summed E-state index contributed by atoms with van der Waals surface area (Å²) in [5.41, 5.74) is 0. The van der Waals surface area contributed by atoms with Crippen LogP contribution in [0.3, 0.4) is 0 Å². The molecule has 0 aliphatic carbocycles. The molecule has 0 aliphatic heterocycles. The summed E-state index contributed by atoms with van der Waals surface area (Å²) in [6, 6.07) is 4.51. The highest BCUT2D eigenvalue weighted by molar-refractivity contribution is 7.83. The SMILES string of the molecule is Oc1cc2cc(S)sc2cc1F. The summed E-state index contributed by atoms with van der Waals surface area (Å²) in [5.74, 6) is -0.897. The monoisotopic (exact) mass is 200 g/mol. The van der Waals surface area contributed by atoms with E-state index in [1.54, 1.807) is 6.07 Å². The maximum Gasteiger partial charge on any atom is 0.166 e. The number of aromatic hydroxyl groups is 1. The van der Waals surface area contributed by atoms with Crippen LogP contribution in [0.15, 0.2) is 22.4 Å². The van der Waals surface area contributed by atoms with E-state index in [9.17, 15) is 4.39 Å². The van der Waals surface area contributed by atoms with Crippen molar-refractivity contribution in [3.05, 3.63) is 24.0 Å². The average molecular weight is 200 g/mol. The van der Waals surface area contributed by atoms with Crippen molar-refractivity contribution in [3.8, 4) is 5.75 Å². The Balaban J connectivity index is 2.83. The van der Waals surface area contributed by atoms with Gasteiger partial charge in [0.25, 0.3) is 0 Å². The Kier molecular flexibility index (Phi) is 1.73. The zero-order chi connectivity index (χ0) is 8.72. The first-order chi connectivity index (χ1) is 5.66. The van der Waals surface area contributed by atoms with Crippen LogP contribution in [0.25, 0.3) is 10.1 Å². The second-order valence-electron chi connectivity index (χ2n) is 2.43. The molecule has 0 atom stereocenters.